The molecule has 0 aliphatic heterocycles. The zero-order chi connectivity index (χ0) is 25.5. The maximum atomic E-state index is 13.3. The molecule has 0 fully saturated rings. The number of fused-ring (bicyclic) bond motifs is 1. The van der Waals surface area contributed by atoms with E-state index >= 15 is 0 Å². The predicted molar refractivity (Wildman–Crippen MR) is 127 cm³/mol. The smallest absolute Gasteiger partial charge is 0.550 e. The monoisotopic (exact) mass is 502 g/mol. The Morgan fingerprint density at radius 2 is 1.83 bits per heavy atom. The van der Waals surface area contributed by atoms with E-state index in [0.29, 0.717) is 19.3 Å². The van der Waals surface area contributed by atoms with Crippen molar-refractivity contribution in [1.82, 2.24) is 0 Å². The third-order valence-electron chi connectivity index (χ3n) is 7.51. The van der Waals surface area contributed by atoms with Crippen LogP contribution in [0.5, 0.6) is 0 Å². The van der Waals surface area contributed by atoms with Gasteiger partial charge in [0.25, 0.3) is 0 Å². The van der Waals surface area contributed by atoms with E-state index in [1.54, 1.807) is 0 Å². The summed E-state index contributed by atoms with van der Waals surface area (Å²) in [5.74, 6) is -1.37. The van der Waals surface area contributed by atoms with Crippen molar-refractivity contribution in [3.05, 3.63) is 23.8 Å². The number of carbonyl (C=O) groups is 2. The summed E-state index contributed by atoms with van der Waals surface area (Å²) in [7, 11) is 0. The molecule has 2 aliphatic rings. The van der Waals surface area contributed by atoms with Crippen LogP contribution in [0.4, 0.5) is 0 Å². The van der Waals surface area contributed by atoms with E-state index in [1.165, 1.54) is 0 Å². The minimum absolute atomic E-state index is 0. The summed E-state index contributed by atoms with van der Waals surface area (Å²) in [6, 6.07) is 0. The van der Waals surface area contributed by atoms with Crippen molar-refractivity contribution in [2.24, 2.45) is 23.2 Å². The number of aliphatic carboxylic acids is 1. The Balaban J connectivity index is 0.00000612. The molecule has 0 aromatic rings. The fraction of sp³-hybridized carbons (Fsp3) is 0.778. The van der Waals surface area contributed by atoms with Crippen molar-refractivity contribution < 1.29 is 64.3 Å². The van der Waals surface area contributed by atoms with Crippen LogP contribution in [0.15, 0.2) is 23.8 Å². The number of hydrogen-bond donors (Lipinski definition) is 3. The molecule has 194 valence electrons. The molecule has 2 rings (SSSR count). The van der Waals surface area contributed by atoms with E-state index in [4.69, 9.17) is 4.74 Å². The van der Waals surface area contributed by atoms with Crippen LogP contribution in [0, 0.1) is 23.2 Å². The molecule has 2 aliphatic carbocycles. The second kappa shape index (κ2) is 14.9. The molecule has 7 atom stereocenters. The van der Waals surface area contributed by atoms with Crippen LogP contribution in [0.3, 0.4) is 0 Å². The summed E-state index contributed by atoms with van der Waals surface area (Å²) in [4.78, 5) is 24.0. The summed E-state index contributed by atoms with van der Waals surface area (Å²) >= 11 is 0. The third kappa shape index (κ3) is 9.28. The maximum absolute atomic E-state index is 13.3. The van der Waals surface area contributed by atoms with Crippen LogP contribution >= 0.6 is 0 Å². The molecule has 0 spiro atoms. The number of carboxylic acids is 1. The standard InChI is InChI=1S/C27H44O7.Na/c1-5-11-27(4,12-6-2)26(33)34-23-15-20(29)13-18-8-7-17(3)22(25(18)23)10-9-19(28)14-21(30)16-24(31)32;/h7-8,13,17,19-23,25,28-30H,5-6,9-12,14-16H2,1-4H3,(H,31,32);/q;+1/p-1/t17-,19?,20+,21+,22-,23-,25-;/m0./s1. The molecule has 0 aromatic carbocycles. The largest absolute Gasteiger partial charge is 1.00 e. The van der Waals surface area contributed by atoms with Gasteiger partial charge in [-0.15, -0.1) is 0 Å². The molecule has 35 heavy (non-hydrogen) atoms. The first kappa shape index (κ1) is 32.3. The van der Waals surface area contributed by atoms with Crippen molar-refractivity contribution in [1.29, 1.82) is 0 Å². The molecule has 0 radical (unpaired) electrons. The van der Waals surface area contributed by atoms with Crippen LogP contribution < -0.4 is 34.7 Å². The number of carbonyl (C=O) groups excluding carboxylic acids is 2. The normalized spacial score (nSPS) is 27.7. The van der Waals surface area contributed by atoms with Gasteiger partial charge in [-0.25, -0.2) is 0 Å². The van der Waals surface area contributed by atoms with Gasteiger partial charge in [0.1, 0.15) is 6.10 Å². The van der Waals surface area contributed by atoms with E-state index in [0.717, 1.165) is 31.3 Å². The van der Waals surface area contributed by atoms with E-state index in [9.17, 15) is 30.0 Å². The van der Waals surface area contributed by atoms with E-state index in [2.05, 4.69) is 26.8 Å². The molecule has 0 saturated carbocycles. The average molecular weight is 503 g/mol. The van der Waals surface area contributed by atoms with E-state index in [1.807, 2.05) is 19.1 Å². The van der Waals surface area contributed by atoms with Gasteiger partial charge in [0.2, 0.25) is 0 Å². The zero-order valence-corrected chi connectivity index (χ0v) is 24.1. The Morgan fingerprint density at radius 3 is 2.40 bits per heavy atom. The Labute approximate surface area is 232 Å². The molecule has 0 bridgehead atoms. The van der Waals surface area contributed by atoms with Crippen molar-refractivity contribution >= 4 is 11.9 Å². The topological polar surface area (TPSA) is 127 Å². The average Bonchev–Trinajstić information content (AvgIpc) is 2.72. The number of allylic oxidation sites excluding steroid dienone is 2. The first-order chi connectivity index (χ1) is 16.0. The quantitative estimate of drug-likeness (QED) is 0.233. The fourth-order valence-corrected chi connectivity index (χ4v) is 5.79. The number of carboxylic acid groups (broad SMARTS) is 1. The van der Waals surface area contributed by atoms with Gasteiger partial charge in [-0.05, 0) is 56.4 Å². The van der Waals surface area contributed by atoms with Gasteiger partial charge < -0.3 is 30.0 Å². The number of hydrogen-bond acceptors (Lipinski definition) is 7. The van der Waals surface area contributed by atoms with Crippen molar-refractivity contribution in [2.45, 2.75) is 110 Å². The number of ether oxygens (including phenoxy) is 1. The van der Waals surface area contributed by atoms with Crippen molar-refractivity contribution in [2.75, 3.05) is 0 Å². The van der Waals surface area contributed by atoms with Gasteiger partial charge in [0.05, 0.1) is 23.7 Å². The minimum Gasteiger partial charge on any atom is -0.550 e. The Kier molecular flexibility index (Phi) is 13.8. The summed E-state index contributed by atoms with van der Waals surface area (Å²) in [6.45, 7) is 8.18. The summed E-state index contributed by atoms with van der Waals surface area (Å²) in [6.07, 6.45) is 6.92. The predicted octanol–water partition coefficient (Wildman–Crippen LogP) is -0.330. The number of aliphatic hydroxyl groups is 3. The van der Waals surface area contributed by atoms with Crippen LogP contribution in [-0.2, 0) is 14.3 Å². The molecule has 7 nitrogen and oxygen atoms in total. The van der Waals surface area contributed by atoms with E-state index < -0.39 is 42.2 Å². The first-order valence-electron chi connectivity index (χ1n) is 12.9. The summed E-state index contributed by atoms with van der Waals surface area (Å²) in [5.41, 5.74) is 0.408. The zero-order valence-electron chi connectivity index (χ0n) is 22.1. The van der Waals surface area contributed by atoms with E-state index in [-0.39, 0.29) is 59.7 Å². The van der Waals surface area contributed by atoms with Gasteiger partial charge >= 0.3 is 35.5 Å². The summed E-state index contributed by atoms with van der Waals surface area (Å²) in [5, 5.41) is 41.3. The minimum atomic E-state index is -1.34. The molecule has 0 aromatic heterocycles. The Bertz CT molecular complexity index is 744. The van der Waals surface area contributed by atoms with Gasteiger partial charge in [0.15, 0.2) is 0 Å². The Hall–Kier alpha value is -0.700. The summed E-state index contributed by atoms with van der Waals surface area (Å²) < 4.78 is 6.15. The second-order valence-electron chi connectivity index (χ2n) is 10.6. The van der Waals surface area contributed by atoms with Crippen LogP contribution in [-0.4, -0.2) is 51.7 Å². The van der Waals surface area contributed by atoms with Gasteiger partial charge in [-0.1, -0.05) is 51.8 Å². The third-order valence-corrected chi connectivity index (χ3v) is 7.51. The van der Waals surface area contributed by atoms with Crippen LogP contribution in [0.1, 0.15) is 85.5 Å². The molecule has 0 amide bonds. The molecule has 8 heteroatoms. The molecular formula is C27H43NaO7. The number of esters is 1. The second-order valence-corrected chi connectivity index (χ2v) is 10.6. The van der Waals surface area contributed by atoms with Crippen LogP contribution in [0.25, 0.3) is 0 Å². The first-order valence-corrected chi connectivity index (χ1v) is 12.9. The van der Waals surface area contributed by atoms with Crippen molar-refractivity contribution in [3.8, 4) is 0 Å². The SMILES string of the molecule is CCCC(C)(CCC)C(=O)O[C@H]1C[C@H](O)C=C2C=C[C@H](C)[C@H](CCC(O)C[C@@H](O)CC(=O)[O-])[C@H]21.[Na+]. The van der Waals surface area contributed by atoms with Crippen LogP contribution in [0.2, 0.25) is 0 Å². The molecule has 0 heterocycles. The molecule has 3 N–H and O–H groups in total. The molecular weight excluding hydrogens is 459 g/mol. The van der Waals surface area contributed by atoms with Crippen molar-refractivity contribution in [3.63, 3.8) is 0 Å². The number of rotatable bonds is 13. The molecule has 1 unspecified atom stereocenters. The van der Waals surface area contributed by atoms with Gasteiger partial charge in [-0.2, -0.15) is 0 Å². The Morgan fingerprint density at radius 1 is 1.20 bits per heavy atom. The number of aliphatic hydroxyl groups excluding tert-OH is 3. The van der Waals surface area contributed by atoms with Gasteiger partial charge in [-0.3, -0.25) is 4.79 Å². The maximum Gasteiger partial charge on any atom is 1.00 e. The molecule has 0 saturated heterocycles. The fourth-order valence-electron chi connectivity index (χ4n) is 5.79. The van der Waals surface area contributed by atoms with Gasteiger partial charge in [0, 0.05) is 24.7 Å².